The molecule has 2 aromatic carbocycles. The lowest BCUT2D eigenvalue weighted by Crippen LogP contribution is -2.52. The largest absolute Gasteiger partial charge is 0.354 e. The first-order valence-electron chi connectivity index (χ1n) is 11.3. The highest BCUT2D eigenvalue weighted by Gasteiger charge is 2.32. The average molecular weight is 553 g/mol. The molecule has 0 radical (unpaired) electrons. The number of amides is 2. The molecule has 2 rings (SSSR count). The summed E-state index contributed by atoms with van der Waals surface area (Å²) in [7, 11) is -3.75. The summed E-state index contributed by atoms with van der Waals surface area (Å²) in [4.78, 5) is 28.2. The van der Waals surface area contributed by atoms with Gasteiger partial charge in [0.05, 0.1) is 11.9 Å². The number of rotatable bonds is 11. The molecule has 186 valence electrons. The molecule has 2 aromatic rings. The average Bonchev–Trinajstić information content (AvgIpc) is 2.76. The van der Waals surface area contributed by atoms with E-state index in [9.17, 15) is 18.0 Å². The number of carbonyl (C=O) groups is 2. The lowest BCUT2D eigenvalue weighted by atomic mass is 10.1. The number of nitrogens with zero attached hydrogens (tertiary/aromatic N) is 2. The summed E-state index contributed by atoms with van der Waals surface area (Å²) in [5.41, 5.74) is 2.27. The molecule has 0 aliphatic rings. The number of hydrogen-bond donors (Lipinski definition) is 1. The summed E-state index contributed by atoms with van der Waals surface area (Å²) in [6, 6.07) is 13.7. The number of anilines is 1. The predicted molar refractivity (Wildman–Crippen MR) is 140 cm³/mol. The van der Waals surface area contributed by atoms with Gasteiger partial charge in [-0.2, -0.15) is 0 Å². The van der Waals surface area contributed by atoms with E-state index in [2.05, 4.69) is 21.2 Å². The molecule has 0 saturated carbocycles. The topological polar surface area (TPSA) is 86.8 Å². The standard InChI is InChI=1S/C25H34BrN3O4S/c1-6-23(25(31)27-15-18(2)3)28(16-20-11-8-7-10-19(20)4)24(30)17-29(34(5,32)33)22-13-9-12-21(26)14-22/h7-14,18,23H,6,15-17H2,1-5H3,(H,27,31)/t23-/m0/s1. The van der Waals surface area contributed by atoms with E-state index in [1.54, 1.807) is 24.3 Å². The zero-order valence-electron chi connectivity index (χ0n) is 20.4. The van der Waals surface area contributed by atoms with Crippen LogP contribution in [-0.2, 0) is 26.2 Å². The van der Waals surface area contributed by atoms with Crippen LogP contribution in [0.5, 0.6) is 0 Å². The zero-order chi connectivity index (χ0) is 25.5. The molecule has 1 N–H and O–H groups in total. The van der Waals surface area contributed by atoms with Crippen molar-refractivity contribution >= 4 is 43.5 Å². The Hall–Kier alpha value is -2.39. The normalized spacial score (nSPS) is 12.3. The molecule has 1 atom stereocenters. The van der Waals surface area contributed by atoms with Crippen molar-refractivity contribution in [3.63, 3.8) is 0 Å². The van der Waals surface area contributed by atoms with E-state index in [1.165, 1.54) is 4.90 Å². The van der Waals surface area contributed by atoms with E-state index in [0.29, 0.717) is 23.1 Å². The van der Waals surface area contributed by atoms with Gasteiger partial charge in [0.15, 0.2) is 0 Å². The van der Waals surface area contributed by atoms with E-state index in [1.807, 2.05) is 52.0 Å². The van der Waals surface area contributed by atoms with E-state index in [0.717, 1.165) is 21.7 Å². The summed E-state index contributed by atoms with van der Waals surface area (Å²) >= 11 is 3.36. The van der Waals surface area contributed by atoms with Crippen LogP contribution in [0.15, 0.2) is 53.0 Å². The summed E-state index contributed by atoms with van der Waals surface area (Å²) in [6.07, 6.45) is 1.47. The molecule has 2 amide bonds. The number of benzene rings is 2. The quantitative estimate of drug-likeness (QED) is 0.455. The molecule has 0 heterocycles. The van der Waals surface area contributed by atoms with E-state index >= 15 is 0 Å². The summed E-state index contributed by atoms with van der Waals surface area (Å²) < 4.78 is 27.0. The predicted octanol–water partition coefficient (Wildman–Crippen LogP) is 4.10. The van der Waals surface area contributed by atoms with Gasteiger partial charge in [0.1, 0.15) is 12.6 Å². The monoisotopic (exact) mass is 551 g/mol. The second kappa shape index (κ2) is 12.4. The van der Waals surface area contributed by atoms with Gasteiger partial charge >= 0.3 is 0 Å². The number of sulfonamides is 1. The van der Waals surface area contributed by atoms with Crippen LogP contribution >= 0.6 is 15.9 Å². The Labute approximate surface area is 211 Å². The van der Waals surface area contributed by atoms with Gasteiger partial charge < -0.3 is 10.2 Å². The maximum atomic E-state index is 13.6. The number of nitrogens with one attached hydrogen (secondary N) is 1. The highest BCUT2D eigenvalue weighted by Crippen LogP contribution is 2.23. The van der Waals surface area contributed by atoms with Crippen LogP contribution in [0.2, 0.25) is 0 Å². The number of hydrogen-bond acceptors (Lipinski definition) is 4. The molecule has 9 heteroatoms. The molecule has 0 aromatic heterocycles. The van der Waals surface area contributed by atoms with E-state index in [4.69, 9.17) is 0 Å². The van der Waals surface area contributed by atoms with Crippen LogP contribution in [0, 0.1) is 12.8 Å². The van der Waals surface area contributed by atoms with Gasteiger partial charge in [0.25, 0.3) is 0 Å². The van der Waals surface area contributed by atoms with Crippen LogP contribution in [0.1, 0.15) is 38.3 Å². The van der Waals surface area contributed by atoms with Crippen LogP contribution < -0.4 is 9.62 Å². The zero-order valence-corrected chi connectivity index (χ0v) is 22.8. The molecule has 0 aliphatic carbocycles. The van der Waals surface area contributed by atoms with Gasteiger partial charge in [-0.15, -0.1) is 0 Å². The molecule has 0 fully saturated rings. The summed E-state index contributed by atoms with van der Waals surface area (Å²) in [5, 5.41) is 2.92. The summed E-state index contributed by atoms with van der Waals surface area (Å²) in [5.74, 6) is -0.425. The molecular weight excluding hydrogens is 518 g/mol. The van der Waals surface area contributed by atoms with Crippen molar-refractivity contribution in [2.24, 2.45) is 5.92 Å². The second-order valence-corrected chi connectivity index (χ2v) is 11.6. The first-order chi connectivity index (χ1) is 15.9. The third kappa shape index (κ3) is 7.84. The smallest absolute Gasteiger partial charge is 0.244 e. The van der Waals surface area contributed by atoms with Crippen LogP contribution in [-0.4, -0.2) is 50.5 Å². The fraction of sp³-hybridized carbons (Fsp3) is 0.440. The van der Waals surface area contributed by atoms with Crippen molar-refractivity contribution in [2.45, 2.75) is 46.7 Å². The van der Waals surface area contributed by atoms with Gasteiger partial charge in [-0.3, -0.25) is 13.9 Å². The van der Waals surface area contributed by atoms with Crippen LogP contribution in [0.4, 0.5) is 5.69 Å². The Morgan fingerprint density at radius 3 is 2.32 bits per heavy atom. The highest BCUT2D eigenvalue weighted by atomic mass is 79.9. The van der Waals surface area contributed by atoms with Crippen molar-refractivity contribution in [2.75, 3.05) is 23.7 Å². The van der Waals surface area contributed by atoms with E-state index in [-0.39, 0.29) is 18.4 Å². The number of aryl methyl sites for hydroxylation is 1. The summed E-state index contributed by atoms with van der Waals surface area (Å²) in [6.45, 7) is 8.08. The lowest BCUT2D eigenvalue weighted by Gasteiger charge is -2.33. The van der Waals surface area contributed by atoms with Gasteiger partial charge in [-0.05, 0) is 48.6 Å². The molecule has 7 nitrogen and oxygen atoms in total. The Morgan fingerprint density at radius 2 is 1.76 bits per heavy atom. The van der Waals surface area contributed by atoms with Gasteiger partial charge in [0, 0.05) is 17.6 Å². The van der Waals surface area contributed by atoms with Crippen molar-refractivity contribution < 1.29 is 18.0 Å². The minimum Gasteiger partial charge on any atom is -0.354 e. The van der Waals surface area contributed by atoms with Gasteiger partial charge in [0.2, 0.25) is 21.8 Å². The fourth-order valence-electron chi connectivity index (χ4n) is 3.56. The van der Waals surface area contributed by atoms with Gasteiger partial charge in [-0.1, -0.05) is 67.0 Å². The SMILES string of the molecule is CC[C@@H](C(=O)NCC(C)C)N(Cc1ccccc1C)C(=O)CN(c1cccc(Br)c1)S(C)(=O)=O. The fourth-order valence-corrected chi connectivity index (χ4v) is 4.79. The minimum atomic E-state index is -3.75. The molecule has 34 heavy (non-hydrogen) atoms. The third-order valence-electron chi connectivity index (χ3n) is 5.45. The Bertz CT molecular complexity index is 1100. The second-order valence-electron chi connectivity index (χ2n) is 8.76. The molecule has 0 bridgehead atoms. The maximum Gasteiger partial charge on any atom is 0.244 e. The maximum absolute atomic E-state index is 13.6. The Kier molecular flexibility index (Phi) is 10.1. The molecular formula is C25H34BrN3O4S. The molecule has 0 aliphatic heterocycles. The van der Waals surface area contributed by atoms with Crippen LogP contribution in [0.25, 0.3) is 0 Å². The number of carbonyl (C=O) groups excluding carboxylic acids is 2. The Balaban J connectivity index is 2.43. The first-order valence-corrected chi connectivity index (χ1v) is 13.9. The van der Waals surface area contributed by atoms with Crippen LogP contribution in [0.3, 0.4) is 0 Å². The van der Waals surface area contributed by atoms with Crippen molar-refractivity contribution in [1.29, 1.82) is 0 Å². The molecule has 0 spiro atoms. The lowest BCUT2D eigenvalue weighted by molar-refractivity contribution is -0.140. The minimum absolute atomic E-state index is 0.204. The van der Waals surface area contributed by atoms with E-state index < -0.39 is 28.5 Å². The Morgan fingerprint density at radius 1 is 1.09 bits per heavy atom. The molecule has 0 unspecified atom stereocenters. The van der Waals surface area contributed by atoms with Gasteiger partial charge in [-0.25, -0.2) is 8.42 Å². The van der Waals surface area contributed by atoms with Crippen molar-refractivity contribution in [1.82, 2.24) is 10.2 Å². The molecule has 0 saturated heterocycles. The highest BCUT2D eigenvalue weighted by molar-refractivity contribution is 9.10. The number of halogens is 1. The van der Waals surface area contributed by atoms with Crippen molar-refractivity contribution in [3.05, 3.63) is 64.1 Å². The van der Waals surface area contributed by atoms with Crippen molar-refractivity contribution in [3.8, 4) is 0 Å². The third-order valence-corrected chi connectivity index (χ3v) is 7.08. The first kappa shape index (κ1) is 27.9.